The van der Waals surface area contributed by atoms with Crippen molar-refractivity contribution < 1.29 is 5.11 Å². The van der Waals surface area contributed by atoms with Gasteiger partial charge in [-0.1, -0.05) is 24.3 Å². The maximum absolute atomic E-state index is 11.6. The summed E-state index contributed by atoms with van der Waals surface area (Å²) in [5.74, 6) is -0.414. The summed E-state index contributed by atoms with van der Waals surface area (Å²) >= 11 is 0. The minimum absolute atomic E-state index is 0.0812. The Kier molecular flexibility index (Phi) is 2.36. The maximum atomic E-state index is 11.6. The van der Waals surface area contributed by atoms with Crippen LogP contribution in [0.3, 0.4) is 0 Å². The van der Waals surface area contributed by atoms with Crippen molar-refractivity contribution in [3.8, 4) is 17.0 Å². The molecule has 2 rings (SSSR count). The van der Waals surface area contributed by atoms with Gasteiger partial charge in [-0.05, 0) is 18.1 Å². The highest BCUT2D eigenvalue weighted by atomic mass is 16.3. The molecule has 16 heavy (non-hydrogen) atoms. The van der Waals surface area contributed by atoms with Crippen LogP contribution in [0.5, 0.6) is 5.88 Å². The molecular weight excluding hydrogens is 208 g/mol. The first-order chi connectivity index (χ1) is 7.59. The number of aromatic nitrogens is 2. The molecule has 0 saturated heterocycles. The van der Waals surface area contributed by atoms with Gasteiger partial charge in [-0.3, -0.25) is 14.8 Å². The molecule has 0 aliphatic rings. The number of aromatic amines is 2. The fourth-order valence-electron chi connectivity index (χ4n) is 1.58. The highest BCUT2D eigenvalue weighted by Crippen LogP contribution is 2.24. The topological polar surface area (TPSA) is 85.9 Å². The van der Waals surface area contributed by atoms with Gasteiger partial charge in [0.25, 0.3) is 5.56 Å². The lowest BCUT2D eigenvalue weighted by molar-refractivity contribution is 0.451. The van der Waals surface area contributed by atoms with Crippen LogP contribution in [0.15, 0.2) is 33.9 Å². The standard InChI is InChI=1S/C11H10N2O3/c1-6-4-2-3-5-7(6)8-9(14)12-11(16)13-10(8)15/h2-5H,1H3,(H3,12,13,14,15,16). The highest BCUT2D eigenvalue weighted by molar-refractivity contribution is 5.70. The van der Waals surface area contributed by atoms with Crippen molar-refractivity contribution in [2.75, 3.05) is 0 Å². The van der Waals surface area contributed by atoms with Crippen molar-refractivity contribution in [1.82, 2.24) is 9.97 Å². The Morgan fingerprint density at radius 3 is 2.44 bits per heavy atom. The third-order valence-corrected chi connectivity index (χ3v) is 2.34. The molecule has 0 amide bonds. The van der Waals surface area contributed by atoms with Crippen LogP contribution in [0.2, 0.25) is 0 Å². The van der Waals surface area contributed by atoms with Gasteiger partial charge < -0.3 is 5.11 Å². The van der Waals surface area contributed by atoms with Crippen LogP contribution in [-0.4, -0.2) is 15.1 Å². The van der Waals surface area contributed by atoms with Crippen molar-refractivity contribution in [2.24, 2.45) is 0 Å². The summed E-state index contributed by atoms with van der Waals surface area (Å²) in [4.78, 5) is 26.7. The second kappa shape index (κ2) is 3.69. The quantitative estimate of drug-likeness (QED) is 0.660. The lowest BCUT2D eigenvalue weighted by Gasteiger charge is -2.05. The molecule has 1 aromatic heterocycles. The van der Waals surface area contributed by atoms with Crippen LogP contribution >= 0.6 is 0 Å². The molecule has 0 bridgehead atoms. The van der Waals surface area contributed by atoms with Crippen molar-refractivity contribution in [1.29, 1.82) is 0 Å². The van der Waals surface area contributed by atoms with E-state index in [9.17, 15) is 14.7 Å². The van der Waals surface area contributed by atoms with Gasteiger partial charge in [-0.25, -0.2) is 4.79 Å². The summed E-state index contributed by atoms with van der Waals surface area (Å²) in [5, 5.41) is 9.57. The maximum Gasteiger partial charge on any atom is 0.328 e. The average Bonchev–Trinajstić information content (AvgIpc) is 2.19. The Morgan fingerprint density at radius 2 is 1.81 bits per heavy atom. The summed E-state index contributed by atoms with van der Waals surface area (Å²) < 4.78 is 0. The summed E-state index contributed by atoms with van der Waals surface area (Å²) in [6.45, 7) is 1.82. The zero-order valence-corrected chi connectivity index (χ0v) is 8.57. The van der Waals surface area contributed by atoms with Gasteiger partial charge in [-0.2, -0.15) is 0 Å². The largest absolute Gasteiger partial charge is 0.494 e. The van der Waals surface area contributed by atoms with Gasteiger partial charge in [0.1, 0.15) is 5.56 Å². The molecule has 1 aromatic carbocycles. The monoisotopic (exact) mass is 218 g/mol. The fourth-order valence-corrected chi connectivity index (χ4v) is 1.58. The van der Waals surface area contributed by atoms with Gasteiger partial charge in [0.15, 0.2) is 0 Å². The van der Waals surface area contributed by atoms with E-state index in [-0.39, 0.29) is 5.56 Å². The minimum Gasteiger partial charge on any atom is -0.494 e. The van der Waals surface area contributed by atoms with Crippen LogP contribution < -0.4 is 11.2 Å². The van der Waals surface area contributed by atoms with E-state index in [2.05, 4.69) is 9.97 Å². The number of aromatic hydroxyl groups is 1. The third kappa shape index (κ3) is 1.63. The van der Waals surface area contributed by atoms with E-state index < -0.39 is 17.1 Å². The molecule has 82 valence electrons. The molecule has 0 spiro atoms. The second-order valence-electron chi connectivity index (χ2n) is 3.45. The first-order valence-corrected chi connectivity index (χ1v) is 4.71. The first kappa shape index (κ1) is 10.2. The lowest BCUT2D eigenvalue weighted by Crippen LogP contribution is -2.23. The van der Waals surface area contributed by atoms with E-state index in [4.69, 9.17) is 0 Å². The highest BCUT2D eigenvalue weighted by Gasteiger charge is 2.12. The normalized spacial score (nSPS) is 10.3. The van der Waals surface area contributed by atoms with Gasteiger partial charge in [-0.15, -0.1) is 0 Å². The van der Waals surface area contributed by atoms with Crippen LogP contribution in [-0.2, 0) is 0 Å². The molecular formula is C11H10N2O3. The van der Waals surface area contributed by atoms with Gasteiger partial charge in [0, 0.05) is 0 Å². The Hall–Kier alpha value is -2.30. The molecule has 5 nitrogen and oxygen atoms in total. The van der Waals surface area contributed by atoms with Crippen molar-refractivity contribution in [3.05, 3.63) is 50.7 Å². The third-order valence-electron chi connectivity index (χ3n) is 2.34. The summed E-state index contributed by atoms with van der Waals surface area (Å²) in [6, 6.07) is 7.11. The summed E-state index contributed by atoms with van der Waals surface area (Å²) in [7, 11) is 0. The van der Waals surface area contributed by atoms with E-state index >= 15 is 0 Å². The number of rotatable bonds is 1. The number of benzene rings is 1. The molecule has 0 atom stereocenters. The predicted octanol–water partition coefficient (Wildman–Crippen LogP) is 0.744. The van der Waals surface area contributed by atoms with Gasteiger partial charge in [0.05, 0.1) is 0 Å². The van der Waals surface area contributed by atoms with Crippen LogP contribution in [0.25, 0.3) is 11.1 Å². The molecule has 0 unspecified atom stereocenters. The zero-order chi connectivity index (χ0) is 11.7. The van der Waals surface area contributed by atoms with Crippen molar-refractivity contribution in [3.63, 3.8) is 0 Å². The molecule has 1 heterocycles. The van der Waals surface area contributed by atoms with E-state index in [1.54, 1.807) is 12.1 Å². The molecule has 0 aliphatic heterocycles. The molecule has 0 saturated carbocycles. The van der Waals surface area contributed by atoms with E-state index in [1.807, 2.05) is 19.1 Å². The Labute approximate surface area is 90.4 Å². The molecule has 2 aromatic rings. The van der Waals surface area contributed by atoms with Crippen LogP contribution in [0, 0.1) is 6.92 Å². The van der Waals surface area contributed by atoms with Crippen molar-refractivity contribution >= 4 is 0 Å². The van der Waals surface area contributed by atoms with Crippen LogP contribution in [0.1, 0.15) is 5.56 Å². The predicted molar refractivity (Wildman–Crippen MR) is 59.5 cm³/mol. The van der Waals surface area contributed by atoms with E-state index in [0.717, 1.165) is 5.56 Å². The number of aryl methyl sites for hydroxylation is 1. The van der Waals surface area contributed by atoms with E-state index in [1.165, 1.54) is 0 Å². The van der Waals surface area contributed by atoms with Crippen LogP contribution in [0.4, 0.5) is 0 Å². The fraction of sp³-hybridized carbons (Fsp3) is 0.0909. The number of hydrogen-bond donors (Lipinski definition) is 3. The Bertz CT molecular complexity index is 640. The smallest absolute Gasteiger partial charge is 0.328 e. The zero-order valence-electron chi connectivity index (χ0n) is 8.57. The first-order valence-electron chi connectivity index (χ1n) is 4.71. The Morgan fingerprint density at radius 1 is 1.12 bits per heavy atom. The number of hydrogen-bond acceptors (Lipinski definition) is 3. The van der Waals surface area contributed by atoms with Gasteiger partial charge in [0.2, 0.25) is 5.88 Å². The number of H-pyrrole nitrogens is 2. The number of nitrogens with one attached hydrogen (secondary N) is 2. The SMILES string of the molecule is Cc1ccccc1-c1c(O)[nH]c(=O)[nH]c1=O. The molecule has 0 aliphatic carbocycles. The van der Waals surface area contributed by atoms with Crippen molar-refractivity contribution in [2.45, 2.75) is 6.92 Å². The molecule has 3 N–H and O–H groups in total. The average molecular weight is 218 g/mol. The second-order valence-corrected chi connectivity index (χ2v) is 3.45. The summed E-state index contributed by atoms with van der Waals surface area (Å²) in [6.07, 6.45) is 0. The Balaban J connectivity index is 2.80. The minimum atomic E-state index is -0.722. The summed E-state index contributed by atoms with van der Waals surface area (Å²) in [5.41, 5.74) is 0.195. The van der Waals surface area contributed by atoms with E-state index in [0.29, 0.717) is 5.56 Å². The van der Waals surface area contributed by atoms with Gasteiger partial charge >= 0.3 is 5.69 Å². The molecule has 0 radical (unpaired) electrons. The molecule has 5 heteroatoms. The molecule has 0 fully saturated rings. The lowest BCUT2D eigenvalue weighted by atomic mass is 10.0.